The van der Waals surface area contributed by atoms with Crippen LogP contribution in [-0.2, 0) is 0 Å². The second kappa shape index (κ2) is 4.24. The van der Waals surface area contributed by atoms with Crippen LogP contribution < -0.4 is 5.32 Å². The molecule has 0 bridgehead atoms. The van der Waals surface area contributed by atoms with Crippen LogP contribution in [0.25, 0.3) is 0 Å². The molecule has 0 saturated carbocycles. The zero-order chi connectivity index (χ0) is 8.23. The van der Waals surface area contributed by atoms with E-state index in [2.05, 4.69) is 10.2 Å². The maximum atomic E-state index is 4.47. The lowest BCUT2D eigenvalue weighted by atomic mass is 9.99. The number of nitrogens with zero attached hydrogens (tertiary/aromatic N) is 2. The van der Waals surface area contributed by atoms with Crippen molar-refractivity contribution in [1.29, 1.82) is 0 Å². The first-order valence-corrected chi connectivity index (χ1v) is 5.31. The molecule has 0 aliphatic carbocycles. The van der Waals surface area contributed by atoms with Crippen LogP contribution in [0.15, 0.2) is 0 Å². The highest BCUT2D eigenvalue weighted by Crippen LogP contribution is 2.15. The van der Waals surface area contributed by atoms with E-state index in [1.165, 1.54) is 45.3 Å². The van der Waals surface area contributed by atoms with Gasteiger partial charge >= 0.3 is 0 Å². The average molecular weight is 167 g/mol. The second-order valence-electron chi connectivity index (χ2n) is 4.15. The molecule has 0 aromatic heterocycles. The summed E-state index contributed by atoms with van der Waals surface area (Å²) in [6, 6.07) is 0. The zero-order valence-corrected chi connectivity index (χ0v) is 7.84. The predicted octanol–water partition coefficient (Wildman–Crippen LogP) is 1.10. The Morgan fingerprint density at radius 3 is 2.67 bits per heavy atom. The Bertz CT molecular complexity index is 124. The fraction of sp³-hybridized carbons (Fsp3) is 1.00. The SMILES string of the molecule is C1C[N]C[C@@H](CN2CCCC2)C1. The number of likely N-dealkylation sites (tertiary alicyclic amines) is 1. The van der Waals surface area contributed by atoms with Crippen LogP contribution in [-0.4, -0.2) is 37.6 Å². The van der Waals surface area contributed by atoms with Crippen molar-refractivity contribution in [1.82, 2.24) is 10.2 Å². The molecule has 0 unspecified atom stereocenters. The third-order valence-corrected chi connectivity index (χ3v) is 3.03. The van der Waals surface area contributed by atoms with Crippen molar-refractivity contribution in [2.45, 2.75) is 25.7 Å². The number of hydrogen-bond acceptors (Lipinski definition) is 1. The minimum Gasteiger partial charge on any atom is -0.303 e. The molecule has 2 heterocycles. The summed E-state index contributed by atoms with van der Waals surface area (Å²) in [6.45, 7) is 6.27. The highest BCUT2D eigenvalue weighted by atomic mass is 15.1. The molecule has 2 rings (SSSR count). The van der Waals surface area contributed by atoms with Gasteiger partial charge in [0.05, 0.1) is 0 Å². The summed E-state index contributed by atoms with van der Waals surface area (Å²) in [5.41, 5.74) is 0. The van der Waals surface area contributed by atoms with Crippen molar-refractivity contribution in [2.24, 2.45) is 5.92 Å². The summed E-state index contributed by atoms with van der Waals surface area (Å²) in [5.74, 6) is 0.886. The Kier molecular flexibility index (Phi) is 3.01. The zero-order valence-electron chi connectivity index (χ0n) is 7.84. The monoisotopic (exact) mass is 167 g/mol. The van der Waals surface area contributed by atoms with Gasteiger partial charge in [-0.1, -0.05) is 0 Å². The molecule has 69 valence electrons. The van der Waals surface area contributed by atoms with Crippen molar-refractivity contribution in [2.75, 3.05) is 32.7 Å². The fourth-order valence-electron chi connectivity index (χ4n) is 2.34. The maximum absolute atomic E-state index is 4.47. The van der Waals surface area contributed by atoms with Crippen molar-refractivity contribution in [3.8, 4) is 0 Å². The van der Waals surface area contributed by atoms with Gasteiger partial charge in [-0.05, 0) is 44.7 Å². The van der Waals surface area contributed by atoms with Crippen LogP contribution in [0.5, 0.6) is 0 Å². The number of piperidine rings is 1. The van der Waals surface area contributed by atoms with Gasteiger partial charge in [0.1, 0.15) is 0 Å². The number of rotatable bonds is 2. The molecule has 1 atom stereocenters. The first-order chi connectivity index (χ1) is 5.95. The van der Waals surface area contributed by atoms with Crippen molar-refractivity contribution in [3.05, 3.63) is 0 Å². The minimum absolute atomic E-state index is 0.886. The normalized spacial score (nSPS) is 32.5. The molecule has 1 radical (unpaired) electrons. The topological polar surface area (TPSA) is 17.3 Å². The van der Waals surface area contributed by atoms with Crippen LogP contribution in [0.3, 0.4) is 0 Å². The highest BCUT2D eigenvalue weighted by Gasteiger charge is 2.19. The van der Waals surface area contributed by atoms with E-state index in [1.54, 1.807) is 0 Å². The van der Waals surface area contributed by atoms with Gasteiger partial charge in [-0.3, -0.25) is 0 Å². The molecule has 0 aromatic rings. The molecular formula is C10H19N2. The molecule has 0 spiro atoms. The Morgan fingerprint density at radius 2 is 2.00 bits per heavy atom. The minimum atomic E-state index is 0.886. The molecule has 2 nitrogen and oxygen atoms in total. The largest absolute Gasteiger partial charge is 0.303 e. The van der Waals surface area contributed by atoms with E-state index in [4.69, 9.17) is 0 Å². The smallest absolute Gasteiger partial charge is 0.0173 e. The quantitative estimate of drug-likeness (QED) is 0.602. The van der Waals surface area contributed by atoms with Crippen LogP contribution in [0.2, 0.25) is 0 Å². The van der Waals surface area contributed by atoms with E-state index in [-0.39, 0.29) is 0 Å². The van der Waals surface area contributed by atoms with Crippen molar-refractivity contribution in [3.63, 3.8) is 0 Å². The fourth-order valence-corrected chi connectivity index (χ4v) is 2.34. The first kappa shape index (κ1) is 8.52. The van der Waals surface area contributed by atoms with E-state index in [0.29, 0.717) is 0 Å². The van der Waals surface area contributed by atoms with Gasteiger partial charge < -0.3 is 4.90 Å². The van der Waals surface area contributed by atoms with Gasteiger partial charge in [-0.15, -0.1) is 0 Å². The van der Waals surface area contributed by atoms with Crippen LogP contribution in [0, 0.1) is 5.92 Å². The van der Waals surface area contributed by atoms with Gasteiger partial charge in [0.2, 0.25) is 0 Å². The lowest BCUT2D eigenvalue weighted by Gasteiger charge is -2.26. The third kappa shape index (κ3) is 2.20. The summed E-state index contributed by atoms with van der Waals surface area (Å²) in [6.07, 6.45) is 5.59. The average Bonchev–Trinajstić information content (AvgIpc) is 2.59. The predicted molar refractivity (Wildman–Crippen MR) is 50.3 cm³/mol. The van der Waals surface area contributed by atoms with Crippen molar-refractivity contribution < 1.29 is 0 Å². The lowest BCUT2D eigenvalue weighted by molar-refractivity contribution is 0.242. The van der Waals surface area contributed by atoms with E-state index >= 15 is 0 Å². The lowest BCUT2D eigenvalue weighted by Crippen LogP contribution is -2.34. The summed E-state index contributed by atoms with van der Waals surface area (Å²) < 4.78 is 0. The second-order valence-corrected chi connectivity index (χ2v) is 4.15. The molecular weight excluding hydrogens is 148 g/mol. The van der Waals surface area contributed by atoms with E-state index in [0.717, 1.165) is 19.0 Å². The van der Waals surface area contributed by atoms with Crippen LogP contribution in [0.4, 0.5) is 0 Å². The van der Waals surface area contributed by atoms with Gasteiger partial charge in [0.25, 0.3) is 0 Å². The Morgan fingerprint density at radius 1 is 1.17 bits per heavy atom. The molecule has 12 heavy (non-hydrogen) atoms. The highest BCUT2D eigenvalue weighted by molar-refractivity contribution is 4.75. The Balaban J connectivity index is 1.69. The first-order valence-electron chi connectivity index (χ1n) is 5.31. The molecule has 2 aliphatic rings. The Labute approximate surface area is 75.3 Å². The van der Waals surface area contributed by atoms with Gasteiger partial charge in [-0.2, -0.15) is 0 Å². The van der Waals surface area contributed by atoms with Gasteiger partial charge in [0, 0.05) is 19.6 Å². The van der Waals surface area contributed by atoms with Crippen LogP contribution >= 0.6 is 0 Å². The van der Waals surface area contributed by atoms with Crippen molar-refractivity contribution >= 4 is 0 Å². The molecule has 0 N–H and O–H groups in total. The molecule has 2 fully saturated rings. The molecule has 0 aromatic carbocycles. The van der Waals surface area contributed by atoms with Gasteiger partial charge in [0.15, 0.2) is 0 Å². The summed E-state index contributed by atoms with van der Waals surface area (Å²) in [5, 5.41) is 4.47. The Hall–Kier alpha value is -0.0800. The van der Waals surface area contributed by atoms with Crippen LogP contribution in [0.1, 0.15) is 25.7 Å². The number of hydrogen-bond donors (Lipinski definition) is 0. The van der Waals surface area contributed by atoms with E-state index < -0.39 is 0 Å². The summed E-state index contributed by atoms with van der Waals surface area (Å²) >= 11 is 0. The third-order valence-electron chi connectivity index (χ3n) is 3.03. The molecule has 2 heteroatoms. The molecule has 2 saturated heterocycles. The molecule has 0 amide bonds. The summed E-state index contributed by atoms with van der Waals surface area (Å²) in [7, 11) is 0. The summed E-state index contributed by atoms with van der Waals surface area (Å²) in [4.78, 5) is 2.62. The van der Waals surface area contributed by atoms with E-state index in [1.807, 2.05) is 0 Å². The molecule has 2 aliphatic heterocycles. The maximum Gasteiger partial charge on any atom is 0.0173 e. The standard InChI is InChI=1S/C10H19N2/c1-2-7-12(6-1)9-10-4-3-5-11-8-10/h10H,1-9H2/t10-/m0/s1. The van der Waals surface area contributed by atoms with E-state index in [9.17, 15) is 0 Å². The van der Waals surface area contributed by atoms with Gasteiger partial charge in [-0.25, -0.2) is 5.32 Å².